The molecule has 0 atom stereocenters. The van der Waals surface area contributed by atoms with Crippen LogP contribution in [0.15, 0.2) is 27.8 Å². The van der Waals surface area contributed by atoms with Crippen LogP contribution in [-0.2, 0) is 14.1 Å². The zero-order valence-electron chi connectivity index (χ0n) is 11.2. The highest BCUT2D eigenvalue weighted by Gasteiger charge is 2.14. The minimum absolute atomic E-state index is 0.0418. The number of benzene rings is 1. The first-order chi connectivity index (χ1) is 9.90. The topological polar surface area (TPSA) is 92.9 Å². The van der Waals surface area contributed by atoms with Gasteiger partial charge in [0.1, 0.15) is 17.1 Å². The summed E-state index contributed by atoms with van der Waals surface area (Å²) in [6.45, 7) is 0. The molecule has 2 heterocycles. The van der Waals surface area contributed by atoms with Gasteiger partial charge in [-0.3, -0.25) is 13.9 Å². The van der Waals surface area contributed by atoms with E-state index in [1.165, 1.54) is 23.7 Å². The first-order valence-electron chi connectivity index (χ1n) is 6.04. The van der Waals surface area contributed by atoms with Crippen LogP contribution in [0.3, 0.4) is 0 Å². The number of phenols is 1. The number of nitrogens with zero attached hydrogens (tertiary/aromatic N) is 3. The Balaban J connectivity index is 2.34. The van der Waals surface area contributed by atoms with E-state index in [2.05, 4.69) is 9.97 Å². The van der Waals surface area contributed by atoms with Crippen LogP contribution in [0.5, 0.6) is 5.75 Å². The lowest BCUT2D eigenvalue weighted by molar-refractivity contribution is 0.475. The Morgan fingerprint density at radius 1 is 1.24 bits per heavy atom. The second-order valence-electron chi connectivity index (χ2n) is 4.66. The smallest absolute Gasteiger partial charge is 0.332 e. The average molecular weight is 307 g/mol. The molecule has 0 radical (unpaired) electrons. The minimum atomic E-state index is -0.450. The summed E-state index contributed by atoms with van der Waals surface area (Å²) in [5, 5.41) is 9.61. The van der Waals surface area contributed by atoms with Crippen molar-refractivity contribution in [2.75, 3.05) is 0 Å². The molecule has 0 saturated heterocycles. The van der Waals surface area contributed by atoms with E-state index in [1.54, 1.807) is 13.1 Å². The molecular weight excluding hydrogens is 296 g/mol. The molecule has 3 rings (SSSR count). The Morgan fingerprint density at radius 3 is 2.62 bits per heavy atom. The van der Waals surface area contributed by atoms with Gasteiger partial charge in [0.25, 0.3) is 5.56 Å². The highest BCUT2D eigenvalue weighted by atomic mass is 35.5. The third-order valence-electron chi connectivity index (χ3n) is 3.32. The van der Waals surface area contributed by atoms with Crippen molar-refractivity contribution in [1.29, 1.82) is 0 Å². The summed E-state index contributed by atoms with van der Waals surface area (Å²) in [7, 11) is 2.95. The van der Waals surface area contributed by atoms with Gasteiger partial charge in [0.2, 0.25) is 0 Å². The second kappa shape index (κ2) is 4.49. The number of aryl methyl sites for hydroxylation is 1. The Kier molecular flexibility index (Phi) is 2.87. The quantitative estimate of drug-likeness (QED) is 0.701. The number of hydrogen-bond donors (Lipinski definition) is 2. The average Bonchev–Trinajstić information content (AvgIpc) is 2.91. The van der Waals surface area contributed by atoms with Crippen LogP contribution in [0.25, 0.3) is 22.6 Å². The maximum Gasteiger partial charge on any atom is 0.332 e. The number of aromatic hydroxyl groups is 1. The third kappa shape index (κ3) is 1.93. The fourth-order valence-electron chi connectivity index (χ4n) is 2.12. The predicted molar refractivity (Wildman–Crippen MR) is 78.7 cm³/mol. The van der Waals surface area contributed by atoms with Crippen LogP contribution in [0.1, 0.15) is 0 Å². The van der Waals surface area contributed by atoms with Crippen LogP contribution in [0.2, 0.25) is 5.02 Å². The number of H-pyrrole nitrogens is 1. The summed E-state index contributed by atoms with van der Waals surface area (Å²) in [4.78, 5) is 31.1. The number of hydrogen-bond acceptors (Lipinski definition) is 4. The van der Waals surface area contributed by atoms with Gasteiger partial charge in [0, 0.05) is 19.7 Å². The van der Waals surface area contributed by atoms with Gasteiger partial charge in [0.05, 0.1) is 5.02 Å². The maximum absolute atomic E-state index is 12.1. The zero-order chi connectivity index (χ0) is 15.3. The van der Waals surface area contributed by atoms with Gasteiger partial charge >= 0.3 is 5.69 Å². The summed E-state index contributed by atoms with van der Waals surface area (Å²) in [6.07, 6.45) is 0. The molecule has 0 aliphatic rings. The van der Waals surface area contributed by atoms with E-state index in [0.717, 1.165) is 4.57 Å². The predicted octanol–water partition coefficient (Wildman–Crippen LogP) is 0.986. The highest BCUT2D eigenvalue weighted by Crippen LogP contribution is 2.28. The molecule has 0 amide bonds. The van der Waals surface area contributed by atoms with E-state index in [9.17, 15) is 14.7 Å². The van der Waals surface area contributed by atoms with Gasteiger partial charge in [-0.25, -0.2) is 9.78 Å². The molecule has 0 aliphatic heterocycles. The number of halogens is 1. The minimum Gasteiger partial charge on any atom is -0.506 e. The van der Waals surface area contributed by atoms with Gasteiger partial charge in [-0.05, 0) is 18.2 Å². The molecule has 0 aliphatic carbocycles. The van der Waals surface area contributed by atoms with E-state index in [4.69, 9.17) is 11.6 Å². The molecule has 21 heavy (non-hydrogen) atoms. The van der Waals surface area contributed by atoms with Crippen molar-refractivity contribution in [3.8, 4) is 17.1 Å². The number of aromatic nitrogens is 4. The van der Waals surface area contributed by atoms with Crippen molar-refractivity contribution in [2.45, 2.75) is 0 Å². The number of nitrogens with one attached hydrogen (secondary N) is 1. The van der Waals surface area contributed by atoms with Gasteiger partial charge < -0.3 is 10.1 Å². The van der Waals surface area contributed by atoms with Crippen LogP contribution < -0.4 is 11.2 Å². The van der Waals surface area contributed by atoms with Crippen molar-refractivity contribution in [3.63, 3.8) is 0 Å². The molecule has 108 valence electrons. The lowest BCUT2D eigenvalue weighted by Gasteiger charge is -2.00. The first-order valence-corrected chi connectivity index (χ1v) is 6.42. The molecular formula is C13H11ClN4O3. The van der Waals surface area contributed by atoms with Gasteiger partial charge in [-0.15, -0.1) is 0 Å². The molecule has 2 aromatic heterocycles. The van der Waals surface area contributed by atoms with Crippen molar-refractivity contribution in [3.05, 3.63) is 44.1 Å². The van der Waals surface area contributed by atoms with Crippen LogP contribution in [0, 0.1) is 0 Å². The molecule has 0 unspecified atom stereocenters. The molecule has 7 nitrogen and oxygen atoms in total. The first kappa shape index (κ1) is 13.4. The molecule has 0 bridgehead atoms. The van der Waals surface area contributed by atoms with E-state index in [-0.39, 0.29) is 21.9 Å². The summed E-state index contributed by atoms with van der Waals surface area (Å²) in [6, 6.07) is 4.57. The largest absolute Gasteiger partial charge is 0.506 e. The number of phenolic OH excluding ortho intramolecular Hbond substituents is 1. The Bertz CT molecular complexity index is 983. The molecule has 1 aromatic carbocycles. The lowest BCUT2D eigenvalue weighted by Crippen LogP contribution is -2.36. The van der Waals surface area contributed by atoms with Gasteiger partial charge in [-0.1, -0.05) is 11.6 Å². The molecule has 8 heteroatoms. The normalized spacial score (nSPS) is 11.2. The molecule has 0 spiro atoms. The molecule has 0 saturated carbocycles. The summed E-state index contributed by atoms with van der Waals surface area (Å²) < 4.78 is 2.30. The fourth-order valence-corrected chi connectivity index (χ4v) is 2.30. The zero-order valence-corrected chi connectivity index (χ0v) is 12.0. The summed E-state index contributed by atoms with van der Waals surface area (Å²) in [5.74, 6) is 0.352. The van der Waals surface area contributed by atoms with Gasteiger partial charge in [0.15, 0.2) is 5.65 Å². The molecule has 3 aromatic rings. The molecule has 2 N–H and O–H groups in total. The van der Waals surface area contributed by atoms with E-state index < -0.39 is 11.2 Å². The van der Waals surface area contributed by atoms with E-state index >= 15 is 0 Å². The second-order valence-corrected chi connectivity index (χ2v) is 5.06. The van der Waals surface area contributed by atoms with Crippen molar-refractivity contribution in [2.24, 2.45) is 14.1 Å². The van der Waals surface area contributed by atoms with E-state index in [0.29, 0.717) is 11.4 Å². The van der Waals surface area contributed by atoms with Crippen LogP contribution in [-0.4, -0.2) is 24.2 Å². The van der Waals surface area contributed by atoms with Crippen molar-refractivity contribution >= 4 is 22.8 Å². The summed E-state index contributed by atoms with van der Waals surface area (Å²) in [5.41, 5.74) is 0.204. The van der Waals surface area contributed by atoms with Crippen molar-refractivity contribution < 1.29 is 5.11 Å². The number of fused-ring (bicyclic) bond motifs is 1. The standard InChI is InChI=1S/C13H11ClN4O3/c1-17-11-9(12(20)18(2)13(17)21)15-10(16-11)6-3-4-8(19)7(14)5-6/h3-5,19H,1-2H3,(H,15,16). The lowest BCUT2D eigenvalue weighted by atomic mass is 10.2. The van der Waals surface area contributed by atoms with Crippen LogP contribution >= 0.6 is 11.6 Å². The Morgan fingerprint density at radius 2 is 1.95 bits per heavy atom. The monoisotopic (exact) mass is 306 g/mol. The number of imidazole rings is 1. The maximum atomic E-state index is 12.1. The fraction of sp³-hybridized carbons (Fsp3) is 0.154. The summed E-state index contributed by atoms with van der Waals surface area (Å²) >= 11 is 5.86. The van der Waals surface area contributed by atoms with E-state index in [1.807, 2.05) is 0 Å². The Labute approximate surface area is 123 Å². The Hall–Kier alpha value is -2.54. The third-order valence-corrected chi connectivity index (χ3v) is 3.62. The molecule has 0 fully saturated rings. The van der Waals surface area contributed by atoms with Crippen LogP contribution in [0.4, 0.5) is 0 Å². The SMILES string of the molecule is Cn1c(=O)c2[nH]c(-c3ccc(O)c(Cl)c3)nc2n(C)c1=O. The van der Waals surface area contributed by atoms with Gasteiger partial charge in [-0.2, -0.15) is 0 Å². The number of rotatable bonds is 1. The number of aromatic amines is 1. The van der Waals surface area contributed by atoms with Crippen molar-refractivity contribution in [1.82, 2.24) is 19.1 Å². The highest BCUT2D eigenvalue weighted by molar-refractivity contribution is 6.32.